The predicted molar refractivity (Wildman–Crippen MR) is 197 cm³/mol. The van der Waals surface area contributed by atoms with Crippen LogP contribution in [-0.2, 0) is 0 Å². The van der Waals surface area contributed by atoms with E-state index in [1.807, 2.05) is 42.5 Å². The molecule has 0 spiro atoms. The Morgan fingerprint density at radius 3 is 2.02 bits per heavy atom. The van der Waals surface area contributed by atoms with Gasteiger partial charge in [-0.3, -0.25) is 0 Å². The Balaban J connectivity index is 1.25. The molecule has 0 unspecified atom stereocenters. The molecule has 0 amide bonds. The summed E-state index contributed by atoms with van der Waals surface area (Å²) < 4.78 is 9.01. The molecule has 0 atom stereocenters. The molecule has 0 saturated heterocycles. The number of thiophene rings is 1. The summed E-state index contributed by atoms with van der Waals surface area (Å²) in [5.41, 5.74) is 5.18. The average Bonchev–Trinajstić information content (AvgIpc) is 3.76. The Bertz CT molecular complexity index is 2850. The zero-order chi connectivity index (χ0) is 31.6. The van der Waals surface area contributed by atoms with Crippen LogP contribution in [-0.4, -0.2) is 19.9 Å². The Morgan fingerprint density at radius 2 is 1.12 bits per heavy atom. The van der Waals surface area contributed by atoms with Crippen molar-refractivity contribution in [2.45, 2.75) is 0 Å². The van der Waals surface area contributed by atoms with Gasteiger partial charge in [0.2, 0.25) is 5.89 Å². The van der Waals surface area contributed by atoms with Gasteiger partial charge in [0.25, 0.3) is 0 Å². The van der Waals surface area contributed by atoms with Gasteiger partial charge in [0.15, 0.2) is 23.1 Å². The molecule has 0 bridgehead atoms. The molecule has 0 N–H and O–H groups in total. The van der Waals surface area contributed by atoms with Crippen molar-refractivity contribution >= 4 is 64.2 Å². The van der Waals surface area contributed by atoms with Crippen molar-refractivity contribution in [2.75, 3.05) is 0 Å². The standard InChI is InChI=1S/C42H24N4OS/c1-2-11-27(12-3-1)42-43-34-22-20-26-14-9-18-32(37(26)38(34)47-42)41-45-39(28-21-23-36-33(24-28)30-16-6-7-19-35(30)48-36)44-40(46-41)31-17-8-13-25-10-4-5-15-29(25)31/h1-24H. The van der Waals surface area contributed by atoms with Gasteiger partial charge in [-0.05, 0) is 58.6 Å². The molecule has 0 radical (unpaired) electrons. The van der Waals surface area contributed by atoms with E-state index in [2.05, 4.69) is 103 Å². The Hall–Kier alpha value is -6.24. The first-order valence-electron chi connectivity index (χ1n) is 15.8. The Morgan fingerprint density at radius 1 is 0.438 bits per heavy atom. The van der Waals surface area contributed by atoms with Crippen molar-refractivity contribution in [3.05, 3.63) is 146 Å². The number of fused-ring (bicyclic) bond motifs is 7. The maximum Gasteiger partial charge on any atom is 0.227 e. The molecule has 10 rings (SSSR count). The number of hydrogen-bond acceptors (Lipinski definition) is 6. The van der Waals surface area contributed by atoms with Crippen LogP contribution in [0.15, 0.2) is 150 Å². The molecule has 0 saturated carbocycles. The second-order valence-corrected chi connectivity index (χ2v) is 12.9. The highest BCUT2D eigenvalue weighted by Gasteiger charge is 2.20. The zero-order valence-corrected chi connectivity index (χ0v) is 26.3. The molecule has 224 valence electrons. The molecular formula is C42H24N4OS. The average molecular weight is 633 g/mol. The van der Waals surface area contributed by atoms with Gasteiger partial charge in [0.1, 0.15) is 5.52 Å². The monoisotopic (exact) mass is 632 g/mol. The quantitative estimate of drug-likeness (QED) is 0.193. The number of rotatable bonds is 4. The minimum atomic E-state index is 0.578. The van der Waals surface area contributed by atoms with Gasteiger partial charge in [0.05, 0.1) is 0 Å². The third kappa shape index (κ3) is 4.31. The van der Waals surface area contributed by atoms with Crippen molar-refractivity contribution in [1.82, 2.24) is 19.9 Å². The molecule has 10 aromatic rings. The fourth-order valence-electron chi connectivity index (χ4n) is 6.68. The minimum Gasteiger partial charge on any atom is -0.435 e. The lowest BCUT2D eigenvalue weighted by Crippen LogP contribution is -2.01. The summed E-state index contributed by atoms with van der Waals surface area (Å²) in [5, 5.41) is 6.60. The van der Waals surface area contributed by atoms with Crippen molar-refractivity contribution in [3.63, 3.8) is 0 Å². The fourth-order valence-corrected chi connectivity index (χ4v) is 7.76. The van der Waals surface area contributed by atoms with E-state index >= 15 is 0 Å². The van der Waals surface area contributed by atoms with Crippen LogP contribution in [0.2, 0.25) is 0 Å². The topological polar surface area (TPSA) is 64.7 Å². The highest BCUT2D eigenvalue weighted by molar-refractivity contribution is 7.25. The number of benzene rings is 7. The summed E-state index contributed by atoms with van der Waals surface area (Å²) in [6.45, 7) is 0. The molecule has 0 aliphatic carbocycles. The molecule has 3 heterocycles. The first-order chi connectivity index (χ1) is 23.8. The maximum absolute atomic E-state index is 6.52. The van der Waals surface area contributed by atoms with Crippen LogP contribution in [0.3, 0.4) is 0 Å². The van der Waals surface area contributed by atoms with E-state index in [9.17, 15) is 0 Å². The minimum absolute atomic E-state index is 0.578. The van der Waals surface area contributed by atoms with E-state index in [1.165, 1.54) is 20.2 Å². The van der Waals surface area contributed by atoms with Crippen LogP contribution >= 0.6 is 11.3 Å². The highest BCUT2D eigenvalue weighted by atomic mass is 32.1. The van der Waals surface area contributed by atoms with Crippen molar-refractivity contribution in [1.29, 1.82) is 0 Å². The molecule has 0 fully saturated rings. The number of hydrogen-bond donors (Lipinski definition) is 0. The molecule has 0 aliphatic heterocycles. The van der Waals surface area contributed by atoms with E-state index in [-0.39, 0.29) is 0 Å². The third-order valence-corrected chi connectivity index (χ3v) is 10.1. The Kier molecular flexibility index (Phi) is 5.98. The molecule has 0 aliphatic rings. The lowest BCUT2D eigenvalue weighted by Gasteiger charge is -2.12. The van der Waals surface area contributed by atoms with Gasteiger partial charge in [-0.25, -0.2) is 19.9 Å². The van der Waals surface area contributed by atoms with E-state index in [1.54, 1.807) is 11.3 Å². The summed E-state index contributed by atoms with van der Waals surface area (Å²) in [6.07, 6.45) is 0. The molecule has 5 nitrogen and oxygen atoms in total. The van der Waals surface area contributed by atoms with E-state index in [0.717, 1.165) is 49.3 Å². The molecule has 48 heavy (non-hydrogen) atoms. The summed E-state index contributed by atoms with van der Waals surface area (Å²) in [6, 6.07) is 50.0. The van der Waals surface area contributed by atoms with E-state index in [4.69, 9.17) is 24.4 Å². The van der Waals surface area contributed by atoms with Gasteiger partial charge in [-0.1, -0.05) is 103 Å². The van der Waals surface area contributed by atoms with Gasteiger partial charge < -0.3 is 4.42 Å². The van der Waals surface area contributed by atoms with Gasteiger partial charge in [-0.15, -0.1) is 11.3 Å². The van der Waals surface area contributed by atoms with Gasteiger partial charge in [-0.2, -0.15) is 0 Å². The van der Waals surface area contributed by atoms with Crippen LogP contribution in [0.25, 0.3) is 98.4 Å². The number of oxazole rings is 1. The molecular weight excluding hydrogens is 609 g/mol. The van der Waals surface area contributed by atoms with Crippen molar-refractivity contribution < 1.29 is 4.42 Å². The SMILES string of the molecule is c1ccc(-c2nc3ccc4cccc(-c5nc(-c6ccc7sc8ccccc8c7c6)nc(-c6cccc7ccccc67)n5)c4c3o2)cc1. The van der Waals surface area contributed by atoms with Gasteiger partial charge >= 0.3 is 0 Å². The first kappa shape index (κ1) is 26.9. The van der Waals surface area contributed by atoms with Gasteiger partial charge in [0, 0.05) is 47.8 Å². The fraction of sp³-hybridized carbons (Fsp3) is 0. The second kappa shape index (κ2) is 10.7. The highest BCUT2D eigenvalue weighted by Crippen LogP contribution is 2.39. The largest absolute Gasteiger partial charge is 0.435 e. The summed E-state index contributed by atoms with van der Waals surface area (Å²) >= 11 is 1.80. The summed E-state index contributed by atoms with van der Waals surface area (Å²) in [7, 11) is 0. The smallest absolute Gasteiger partial charge is 0.227 e. The lowest BCUT2D eigenvalue weighted by molar-refractivity contribution is 0.623. The number of aromatic nitrogens is 4. The van der Waals surface area contributed by atoms with Crippen molar-refractivity contribution in [2.24, 2.45) is 0 Å². The normalized spacial score (nSPS) is 11.8. The Labute approximate surface area is 278 Å². The van der Waals surface area contributed by atoms with Crippen LogP contribution in [0.1, 0.15) is 0 Å². The molecule has 6 heteroatoms. The predicted octanol–water partition coefficient (Wildman–Crippen LogP) is 11.4. The zero-order valence-electron chi connectivity index (χ0n) is 25.5. The van der Waals surface area contributed by atoms with Crippen LogP contribution in [0.4, 0.5) is 0 Å². The van der Waals surface area contributed by atoms with Crippen LogP contribution in [0, 0.1) is 0 Å². The molecule has 7 aromatic carbocycles. The van der Waals surface area contributed by atoms with Crippen LogP contribution < -0.4 is 0 Å². The second-order valence-electron chi connectivity index (χ2n) is 11.8. The maximum atomic E-state index is 6.52. The first-order valence-corrected chi connectivity index (χ1v) is 16.6. The number of nitrogens with zero attached hydrogens (tertiary/aromatic N) is 4. The summed E-state index contributed by atoms with van der Waals surface area (Å²) in [4.78, 5) is 20.4. The van der Waals surface area contributed by atoms with E-state index in [0.29, 0.717) is 28.9 Å². The lowest BCUT2D eigenvalue weighted by atomic mass is 10.0. The molecule has 3 aromatic heterocycles. The van der Waals surface area contributed by atoms with Crippen molar-refractivity contribution in [3.8, 4) is 45.6 Å². The summed E-state index contributed by atoms with van der Waals surface area (Å²) in [5.74, 6) is 2.39. The van der Waals surface area contributed by atoms with Crippen LogP contribution in [0.5, 0.6) is 0 Å². The third-order valence-electron chi connectivity index (χ3n) is 8.96. The van der Waals surface area contributed by atoms with E-state index < -0.39 is 0 Å².